The molecule has 2 aliphatic rings. The molecule has 58 valence electrons. The molecule has 1 nitrogen and oxygen atoms in total. The summed E-state index contributed by atoms with van der Waals surface area (Å²) in [4.78, 5) is 0. The highest BCUT2D eigenvalue weighted by atomic mass is 19.1. The summed E-state index contributed by atoms with van der Waals surface area (Å²) in [6, 6.07) is 0.662. The van der Waals surface area contributed by atoms with Crippen molar-refractivity contribution in [3.63, 3.8) is 0 Å². The minimum absolute atomic E-state index is 0.504. The van der Waals surface area contributed by atoms with Gasteiger partial charge in [-0.2, -0.15) is 0 Å². The first-order valence-corrected chi connectivity index (χ1v) is 4.19. The molecule has 0 saturated carbocycles. The first-order chi connectivity index (χ1) is 4.71. The van der Waals surface area contributed by atoms with Gasteiger partial charge in [0.1, 0.15) is 6.54 Å². The van der Waals surface area contributed by atoms with Crippen molar-refractivity contribution < 1.29 is 8.87 Å². The van der Waals surface area contributed by atoms with Gasteiger partial charge in [-0.25, -0.2) is 4.39 Å². The van der Waals surface area contributed by atoms with Gasteiger partial charge in [-0.15, -0.1) is 0 Å². The lowest BCUT2D eigenvalue weighted by Gasteiger charge is -2.28. The molecule has 0 radical (unpaired) electrons. The number of hydrogen-bond acceptors (Lipinski definition) is 0. The van der Waals surface area contributed by atoms with Crippen LogP contribution in [0, 0.1) is 0 Å². The summed E-state index contributed by atoms with van der Waals surface area (Å²) in [6.07, 6.45) is 2.90. The fourth-order valence-electron chi connectivity index (χ4n) is 2.62. The van der Waals surface area contributed by atoms with Crippen LogP contribution in [0.4, 0.5) is 4.39 Å². The summed E-state index contributed by atoms with van der Waals surface area (Å²) >= 11 is 0. The number of fused-ring (bicyclic) bond motifs is 1. The molecule has 2 rings (SSSR count). The topological polar surface area (TPSA) is 0 Å². The standard InChI is InChI=1S/C8H15FN/c1-10-4-2-3-8(10)5-7(9)6-10/h7-8H,2-6H2,1H3/q+1/t7-,8?,10?/m1/s1. The van der Waals surface area contributed by atoms with Gasteiger partial charge in [0.05, 0.1) is 19.6 Å². The Balaban J connectivity index is 2.15. The quantitative estimate of drug-likeness (QED) is 0.450. The molecular formula is C8H15FN+. The zero-order valence-electron chi connectivity index (χ0n) is 6.52. The van der Waals surface area contributed by atoms with Crippen LogP contribution in [0.2, 0.25) is 0 Å². The van der Waals surface area contributed by atoms with E-state index in [0.717, 1.165) is 17.4 Å². The van der Waals surface area contributed by atoms with E-state index in [1.165, 1.54) is 19.4 Å². The van der Waals surface area contributed by atoms with Crippen LogP contribution in [-0.2, 0) is 0 Å². The summed E-state index contributed by atoms with van der Waals surface area (Å²) < 4.78 is 13.9. The second-order valence-corrected chi connectivity index (χ2v) is 4.01. The first-order valence-electron chi connectivity index (χ1n) is 4.19. The van der Waals surface area contributed by atoms with Crippen LogP contribution in [0.5, 0.6) is 0 Å². The summed E-state index contributed by atoms with van der Waals surface area (Å²) in [5, 5.41) is 0. The van der Waals surface area contributed by atoms with Gasteiger partial charge >= 0.3 is 0 Å². The molecule has 0 aromatic carbocycles. The fraction of sp³-hybridized carbons (Fsp3) is 1.00. The highest BCUT2D eigenvalue weighted by molar-refractivity contribution is 4.78. The summed E-state index contributed by atoms with van der Waals surface area (Å²) in [5.74, 6) is 0. The van der Waals surface area contributed by atoms with Crippen LogP contribution < -0.4 is 0 Å². The van der Waals surface area contributed by atoms with Gasteiger partial charge in [-0.05, 0) is 0 Å². The average Bonchev–Trinajstić information content (AvgIpc) is 2.20. The summed E-state index contributed by atoms with van der Waals surface area (Å²) in [5.41, 5.74) is 0. The second-order valence-electron chi connectivity index (χ2n) is 4.01. The Morgan fingerprint density at radius 1 is 1.50 bits per heavy atom. The van der Waals surface area contributed by atoms with Gasteiger partial charge in [0, 0.05) is 19.3 Å². The third-order valence-electron chi connectivity index (χ3n) is 3.23. The van der Waals surface area contributed by atoms with Crippen LogP contribution in [0.3, 0.4) is 0 Å². The van der Waals surface area contributed by atoms with E-state index in [1.54, 1.807) is 0 Å². The molecule has 0 N–H and O–H groups in total. The molecule has 2 heterocycles. The molecule has 2 fully saturated rings. The Bertz CT molecular complexity index is 148. The van der Waals surface area contributed by atoms with E-state index < -0.39 is 6.17 Å². The Morgan fingerprint density at radius 2 is 2.30 bits per heavy atom. The maximum atomic E-state index is 12.9. The normalized spacial score (nSPS) is 53.4. The van der Waals surface area contributed by atoms with Gasteiger partial charge in [-0.3, -0.25) is 0 Å². The highest BCUT2D eigenvalue weighted by Crippen LogP contribution is 2.35. The predicted molar refractivity (Wildman–Crippen MR) is 38.5 cm³/mol. The van der Waals surface area contributed by atoms with Crippen LogP contribution in [0.1, 0.15) is 19.3 Å². The monoisotopic (exact) mass is 144 g/mol. The molecule has 2 unspecified atom stereocenters. The number of halogens is 1. The van der Waals surface area contributed by atoms with Crippen molar-refractivity contribution in [1.29, 1.82) is 0 Å². The minimum Gasteiger partial charge on any atom is -0.321 e. The van der Waals surface area contributed by atoms with Gasteiger partial charge in [-0.1, -0.05) is 0 Å². The zero-order chi connectivity index (χ0) is 7.19. The van der Waals surface area contributed by atoms with E-state index >= 15 is 0 Å². The summed E-state index contributed by atoms with van der Waals surface area (Å²) in [6.45, 7) is 2.00. The van der Waals surface area contributed by atoms with Gasteiger partial charge < -0.3 is 4.48 Å². The van der Waals surface area contributed by atoms with Crippen LogP contribution in [0.15, 0.2) is 0 Å². The smallest absolute Gasteiger partial charge is 0.154 e. The van der Waals surface area contributed by atoms with Crippen LogP contribution >= 0.6 is 0 Å². The van der Waals surface area contributed by atoms with Crippen molar-refractivity contribution >= 4 is 0 Å². The van der Waals surface area contributed by atoms with E-state index in [1.807, 2.05) is 0 Å². The lowest BCUT2D eigenvalue weighted by atomic mass is 10.1. The van der Waals surface area contributed by atoms with E-state index in [2.05, 4.69) is 7.05 Å². The highest BCUT2D eigenvalue weighted by Gasteiger charge is 2.46. The molecule has 0 aromatic heterocycles. The second kappa shape index (κ2) is 1.94. The molecule has 3 atom stereocenters. The van der Waals surface area contributed by atoms with Crippen molar-refractivity contribution in [3.05, 3.63) is 0 Å². The lowest BCUT2D eigenvalue weighted by Crippen LogP contribution is -2.43. The Kier molecular flexibility index (Phi) is 1.28. The van der Waals surface area contributed by atoms with Crippen molar-refractivity contribution in [1.82, 2.24) is 0 Å². The largest absolute Gasteiger partial charge is 0.321 e. The van der Waals surface area contributed by atoms with Crippen LogP contribution in [-0.4, -0.2) is 36.8 Å². The van der Waals surface area contributed by atoms with Gasteiger partial charge in [0.2, 0.25) is 0 Å². The molecule has 0 amide bonds. The van der Waals surface area contributed by atoms with E-state index in [4.69, 9.17) is 0 Å². The molecule has 2 heteroatoms. The number of nitrogens with zero attached hydrogens (tertiary/aromatic N) is 1. The number of alkyl halides is 1. The third-order valence-corrected chi connectivity index (χ3v) is 3.23. The Labute approximate surface area is 61.4 Å². The first kappa shape index (κ1) is 6.59. The maximum Gasteiger partial charge on any atom is 0.154 e. The van der Waals surface area contributed by atoms with E-state index in [9.17, 15) is 4.39 Å². The van der Waals surface area contributed by atoms with Crippen molar-refractivity contribution in [2.45, 2.75) is 31.5 Å². The molecule has 0 bridgehead atoms. The van der Waals surface area contributed by atoms with Crippen molar-refractivity contribution in [3.8, 4) is 0 Å². The van der Waals surface area contributed by atoms with Crippen molar-refractivity contribution in [2.75, 3.05) is 20.1 Å². The molecular weight excluding hydrogens is 129 g/mol. The molecule has 0 spiro atoms. The lowest BCUT2D eigenvalue weighted by molar-refractivity contribution is -0.909. The predicted octanol–water partition coefficient (Wildman–Crippen LogP) is 1.34. The molecule has 10 heavy (non-hydrogen) atoms. The van der Waals surface area contributed by atoms with Crippen LogP contribution in [0.25, 0.3) is 0 Å². The van der Waals surface area contributed by atoms with Crippen molar-refractivity contribution in [2.24, 2.45) is 0 Å². The Morgan fingerprint density at radius 3 is 3.00 bits per heavy atom. The average molecular weight is 144 g/mol. The number of hydrogen-bond donors (Lipinski definition) is 0. The fourth-order valence-corrected chi connectivity index (χ4v) is 2.62. The summed E-state index contributed by atoms with van der Waals surface area (Å²) in [7, 11) is 2.21. The van der Waals surface area contributed by atoms with Gasteiger partial charge in [0.25, 0.3) is 0 Å². The van der Waals surface area contributed by atoms with E-state index in [0.29, 0.717) is 6.04 Å². The maximum absolute atomic E-state index is 12.9. The Hall–Kier alpha value is -0.110. The SMILES string of the molecule is C[N+]12CCCC1C[C@@H](F)C2. The molecule has 0 aliphatic carbocycles. The number of rotatable bonds is 0. The molecule has 2 saturated heterocycles. The third kappa shape index (κ3) is 0.782. The molecule has 2 aliphatic heterocycles. The molecule has 0 aromatic rings. The van der Waals surface area contributed by atoms with Gasteiger partial charge in [0.15, 0.2) is 6.17 Å². The van der Waals surface area contributed by atoms with E-state index in [-0.39, 0.29) is 0 Å². The number of quaternary nitrogens is 1. The minimum atomic E-state index is -0.504. The zero-order valence-corrected chi connectivity index (χ0v) is 6.52.